The molecule has 1 heteroatoms. The molecule has 0 spiro atoms. The van der Waals surface area contributed by atoms with Crippen LogP contribution in [0.3, 0.4) is 0 Å². The molecule has 0 bridgehead atoms. The Hall–Kier alpha value is 0.0649. The van der Waals surface area contributed by atoms with E-state index in [1.54, 1.807) is 32.0 Å². The van der Waals surface area contributed by atoms with Crippen molar-refractivity contribution in [2.75, 3.05) is 0 Å². The number of hydrogen-bond acceptors (Lipinski definition) is 0. The van der Waals surface area contributed by atoms with E-state index in [0.29, 0.717) is 0 Å². The van der Waals surface area contributed by atoms with Crippen LogP contribution in [0.2, 0.25) is 18.0 Å². The normalized spacial score (nSPS) is 23.8. The van der Waals surface area contributed by atoms with E-state index in [9.17, 15) is 0 Å². The smallest absolute Gasteiger partial charge is 0.0737 e. The molecule has 0 radical (unpaired) electrons. The van der Waals surface area contributed by atoms with Gasteiger partial charge in [0.15, 0.2) is 0 Å². The molecule has 0 nitrogen and oxygen atoms in total. The molecular formula is C12H23B. The van der Waals surface area contributed by atoms with E-state index in [4.69, 9.17) is 0 Å². The van der Waals surface area contributed by atoms with Crippen molar-refractivity contribution >= 4 is 6.71 Å². The van der Waals surface area contributed by atoms with Crippen LogP contribution >= 0.6 is 0 Å². The summed E-state index contributed by atoms with van der Waals surface area (Å²) in [7, 11) is 0. The van der Waals surface area contributed by atoms with Crippen molar-refractivity contribution in [3.8, 4) is 0 Å². The Morgan fingerprint density at radius 2 is 1.54 bits per heavy atom. The van der Waals surface area contributed by atoms with Crippen LogP contribution in [0.15, 0.2) is 0 Å². The second kappa shape index (κ2) is 4.53. The first kappa shape index (κ1) is 9.61. The molecule has 2 aliphatic rings. The van der Waals surface area contributed by atoms with E-state index in [-0.39, 0.29) is 0 Å². The quantitative estimate of drug-likeness (QED) is 0.547. The summed E-state index contributed by atoms with van der Waals surface area (Å²) in [5, 5.41) is 0. The summed E-state index contributed by atoms with van der Waals surface area (Å²) in [6.07, 6.45) is 13.7. The largest absolute Gasteiger partial charge is 0.146 e. The lowest BCUT2D eigenvalue weighted by Crippen LogP contribution is -2.34. The molecule has 0 N–H and O–H groups in total. The lowest BCUT2D eigenvalue weighted by Gasteiger charge is -2.40. The minimum atomic E-state index is 1.14. The second-order valence-electron chi connectivity index (χ2n) is 5.19. The van der Waals surface area contributed by atoms with Crippen molar-refractivity contribution in [2.24, 2.45) is 0 Å². The molecule has 0 aromatic carbocycles. The molecule has 13 heavy (non-hydrogen) atoms. The van der Waals surface area contributed by atoms with E-state index in [2.05, 4.69) is 6.92 Å². The zero-order chi connectivity index (χ0) is 9.10. The second-order valence-corrected chi connectivity index (χ2v) is 5.19. The summed E-state index contributed by atoms with van der Waals surface area (Å²) in [6, 6.07) is 0. The maximum atomic E-state index is 2.33. The van der Waals surface area contributed by atoms with Gasteiger partial charge in [-0.2, -0.15) is 0 Å². The monoisotopic (exact) mass is 178 g/mol. The van der Waals surface area contributed by atoms with E-state index in [1.807, 2.05) is 0 Å². The summed E-state index contributed by atoms with van der Waals surface area (Å²) in [5.41, 5.74) is 0. The lowest BCUT2D eigenvalue weighted by molar-refractivity contribution is 0.440. The molecule has 0 saturated heterocycles. The van der Waals surface area contributed by atoms with Gasteiger partial charge in [0.2, 0.25) is 0 Å². The Kier molecular flexibility index (Phi) is 3.35. The van der Waals surface area contributed by atoms with Crippen LogP contribution < -0.4 is 0 Å². The molecular weight excluding hydrogens is 155 g/mol. The predicted octanol–water partition coefficient (Wildman–Crippen LogP) is 4.39. The predicted molar refractivity (Wildman–Crippen MR) is 60.7 cm³/mol. The molecule has 0 heterocycles. The highest BCUT2D eigenvalue weighted by molar-refractivity contribution is 6.62. The molecule has 2 fully saturated rings. The summed E-state index contributed by atoms with van der Waals surface area (Å²) in [4.78, 5) is 0. The maximum Gasteiger partial charge on any atom is 0.146 e. The fourth-order valence-electron chi connectivity index (χ4n) is 3.03. The number of hydrogen-bond donors (Lipinski definition) is 0. The molecule has 0 aliphatic heterocycles. The van der Waals surface area contributed by atoms with Crippen molar-refractivity contribution in [1.82, 2.24) is 0 Å². The van der Waals surface area contributed by atoms with Crippen LogP contribution in [-0.4, -0.2) is 6.71 Å². The van der Waals surface area contributed by atoms with Gasteiger partial charge < -0.3 is 0 Å². The zero-order valence-electron chi connectivity index (χ0n) is 9.10. The zero-order valence-corrected chi connectivity index (χ0v) is 9.10. The van der Waals surface area contributed by atoms with Gasteiger partial charge >= 0.3 is 0 Å². The first-order chi connectivity index (χ1) is 6.42. The van der Waals surface area contributed by atoms with Gasteiger partial charge in [0.1, 0.15) is 6.71 Å². The number of unbranched alkanes of at least 4 members (excludes halogenated alkanes) is 1. The van der Waals surface area contributed by atoms with Crippen LogP contribution in [0.1, 0.15) is 58.3 Å². The Morgan fingerprint density at radius 3 is 1.85 bits per heavy atom. The molecule has 2 rings (SSSR count). The highest BCUT2D eigenvalue weighted by Gasteiger charge is 2.37. The summed E-state index contributed by atoms with van der Waals surface area (Å²) < 4.78 is 0. The molecule has 0 aromatic rings. The average Bonchev–Trinajstić information content (AvgIpc) is 1.93. The molecule has 0 unspecified atom stereocenters. The average molecular weight is 178 g/mol. The van der Waals surface area contributed by atoms with Gasteiger partial charge in [0.05, 0.1) is 0 Å². The van der Waals surface area contributed by atoms with Crippen molar-refractivity contribution < 1.29 is 0 Å². The third-order valence-electron chi connectivity index (χ3n) is 4.40. The van der Waals surface area contributed by atoms with Gasteiger partial charge in [0, 0.05) is 0 Å². The van der Waals surface area contributed by atoms with E-state index >= 15 is 0 Å². The summed E-state index contributed by atoms with van der Waals surface area (Å²) in [6.45, 7) is 3.47. The SMILES string of the molecule is CCCCB(C1CCC1)C1CCC1. The Morgan fingerprint density at radius 1 is 1.00 bits per heavy atom. The van der Waals surface area contributed by atoms with Gasteiger partial charge in [-0.25, -0.2) is 0 Å². The van der Waals surface area contributed by atoms with E-state index < -0.39 is 0 Å². The van der Waals surface area contributed by atoms with Gasteiger partial charge in [-0.15, -0.1) is 0 Å². The third kappa shape index (κ3) is 2.11. The molecule has 0 atom stereocenters. The van der Waals surface area contributed by atoms with Crippen LogP contribution in [0.25, 0.3) is 0 Å². The Bertz CT molecular complexity index is 133. The summed E-state index contributed by atoms with van der Waals surface area (Å²) >= 11 is 0. The highest BCUT2D eigenvalue weighted by atomic mass is 14.2. The van der Waals surface area contributed by atoms with Crippen LogP contribution in [0.5, 0.6) is 0 Å². The minimum absolute atomic E-state index is 1.14. The van der Waals surface area contributed by atoms with Gasteiger partial charge in [-0.3, -0.25) is 0 Å². The van der Waals surface area contributed by atoms with Gasteiger partial charge in [-0.05, 0) is 0 Å². The fourth-order valence-corrected chi connectivity index (χ4v) is 3.03. The van der Waals surface area contributed by atoms with Crippen molar-refractivity contribution in [1.29, 1.82) is 0 Å². The van der Waals surface area contributed by atoms with Crippen molar-refractivity contribution in [2.45, 2.75) is 76.2 Å². The summed E-state index contributed by atoms with van der Waals surface area (Å²) in [5.74, 6) is 2.30. The molecule has 2 saturated carbocycles. The first-order valence-corrected chi connectivity index (χ1v) is 6.42. The van der Waals surface area contributed by atoms with Crippen molar-refractivity contribution in [3.05, 3.63) is 0 Å². The van der Waals surface area contributed by atoms with Crippen LogP contribution in [0, 0.1) is 0 Å². The minimum Gasteiger partial charge on any atom is -0.0737 e. The van der Waals surface area contributed by atoms with Gasteiger partial charge in [0.25, 0.3) is 0 Å². The molecule has 74 valence electrons. The van der Waals surface area contributed by atoms with E-state index in [0.717, 1.165) is 18.3 Å². The number of rotatable bonds is 5. The van der Waals surface area contributed by atoms with Crippen LogP contribution in [-0.2, 0) is 0 Å². The first-order valence-electron chi connectivity index (χ1n) is 6.42. The third-order valence-corrected chi connectivity index (χ3v) is 4.40. The van der Waals surface area contributed by atoms with Gasteiger partial charge in [-0.1, -0.05) is 76.2 Å². The van der Waals surface area contributed by atoms with Crippen molar-refractivity contribution in [3.63, 3.8) is 0 Å². The fraction of sp³-hybridized carbons (Fsp3) is 1.00. The molecule has 0 amide bonds. The Labute approximate surface area is 83.6 Å². The molecule has 2 aliphatic carbocycles. The molecule has 0 aromatic heterocycles. The standard InChI is InChI=1S/C12H23B/c1-2-3-10-13(11-6-4-7-11)12-8-5-9-12/h11-12H,2-10H2,1H3. The van der Waals surface area contributed by atoms with E-state index in [1.165, 1.54) is 25.7 Å². The van der Waals surface area contributed by atoms with Crippen LogP contribution in [0.4, 0.5) is 0 Å². The maximum absolute atomic E-state index is 2.33. The lowest BCUT2D eigenvalue weighted by atomic mass is 9.26. The Balaban J connectivity index is 1.78. The highest BCUT2D eigenvalue weighted by Crippen LogP contribution is 2.47. The topological polar surface area (TPSA) is 0 Å².